The number of nitrogen functional groups attached to an aromatic ring is 3. The molecule has 5 aromatic carbocycles. The number of ether oxygens (including phenoxy) is 2. The zero-order chi connectivity index (χ0) is 96.5. The molecule has 698 valence electrons. The number of aldehydes is 1. The largest absolute Gasteiger partial charge is 0.444 e. The number of nitrogens with two attached hydrogens (primary N) is 4. The summed E-state index contributed by atoms with van der Waals surface area (Å²) in [5.41, 5.74) is 20.3. The summed E-state index contributed by atoms with van der Waals surface area (Å²) >= 11 is 6.95. The number of rotatable bonds is 17. The van der Waals surface area contributed by atoms with Crippen molar-refractivity contribution in [2.45, 2.75) is 268 Å². The molecule has 35 heteroatoms. The number of hydrogen-bond acceptors (Lipinski definition) is 23. The molecule has 13 N–H and O–H groups in total. The molecule has 2 amide bonds. The first kappa shape index (κ1) is 121. The average molecular weight is 1920 g/mol. The van der Waals surface area contributed by atoms with Gasteiger partial charge >= 0.3 is 12.2 Å². The molecule has 0 aliphatic carbocycles. The van der Waals surface area contributed by atoms with Crippen molar-refractivity contribution in [3.05, 3.63) is 236 Å². The molecule has 0 radical (unpaired) electrons. The molecule has 10 rings (SSSR count). The number of aromatic nitrogens is 5. The Hall–Kier alpha value is -7.88. The van der Waals surface area contributed by atoms with E-state index in [9.17, 15) is 35.4 Å². The van der Waals surface area contributed by atoms with Gasteiger partial charge in [0.15, 0.2) is 25.7 Å². The van der Waals surface area contributed by atoms with Crippen LogP contribution in [0.5, 0.6) is 0 Å². The van der Waals surface area contributed by atoms with Gasteiger partial charge in [-0.05, 0) is 168 Å². The van der Waals surface area contributed by atoms with Crippen molar-refractivity contribution in [3.8, 4) is 0 Å². The third-order valence-electron chi connectivity index (χ3n) is 13.5. The van der Waals surface area contributed by atoms with Crippen LogP contribution in [0.4, 0.5) is 35.2 Å². The Morgan fingerprint density at radius 2 is 0.680 bits per heavy atom. The average Bonchev–Trinajstić information content (AvgIpc) is 1.86. The number of anilines is 5. The summed E-state index contributed by atoms with van der Waals surface area (Å²) in [5.74, 6) is 0. The monoisotopic (exact) mass is 1910 g/mol. The second-order valence-electron chi connectivity index (χ2n) is 31.2. The van der Waals surface area contributed by atoms with Crippen molar-refractivity contribution >= 4 is 162 Å². The fourth-order valence-electron chi connectivity index (χ4n) is 7.64. The van der Waals surface area contributed by atoms with Gasteiger partial charge in [-0.2, -0.15) is 4.40 Å². The molecule has 0 bridgehead atoms. The highest BCUT2D eigenvalue weighted by atomic mass is 32.2. The number of carbonyl (C=O) groups is 3. The van der Waals surface area contributed by atoms with Crippen molar-refractivity contribution in [1.29, 1.82) is 0 Å². The molecule has 5 aromatic heterocycles. The molecule has 25 nitrogen and oxygen atoms in total. The molecule has 10 aromatic rings. The van der Waals surface area contributed by atoms with E-state index in [1.54, 1.807) is 75.5 Å². The van der Waals surface area contributed by atoms with E-state index in [0.29, 0.717) is 25.7 Å². The van der Waals surface area contributed by atoms with Crippen molar-refractivity contribution in [2.75, 3.05) is 27.8 Å². The van der Waals surface area contributed by atoms with Crippen LogP contribution in [0.2, 0.25) is 0 Å². The summed E-state index contributed by atoms with van der Waals surface area (Å²) in [6.45, 7) is 59.5. The van der Waals surface area contributed by atoms with E-state index in [0.717, 1.165) is 48.7 Å². The molecular formula is C90H143N15O10S10. The van der Waals surface area contributed by atoms with E-state index in [1.807, 2.05) is 339 Å². The van der Waals surface area contributed by atoms with E-state index in [1.165, 1.54) is 56.7 Å². The second-order valence-corrected chi connectivity index (χ2v) is 46.0. The lowest BCUT2D eigenvalue weighted by atomic mass is 10.1. The highest BCUT2D eigenvalue weighted by Crippen LogP contribution is 2.34. The van der Waals surface area contributed by atoms with E-state index in [4.69, 9.17) is 31.8 Å². The minimum Gasteiger partial charge on any atom is -0.444 e. The van der Waals surface area contributed by atoms with Crippen LogP contribution in [0.25, 0.3) is 0 Å². The molecular weight excluding hydrogens is 1770 g/mol. The van der Waals surface area contributed by atoms with Crippen LogP contribution in [-0.4, -0.2) is 106 Å². The zero-order valence-electron chi connectivity index (χ0n) is 79.0. The maximum absolute atomic E-state index is 12.7. The van der Waals surface area contributed by atoms with Gasteiger partial charge in [0.1, 0.15) is 28.5 Å². The normalized spacial score (nSPS) is 12.8. The van der Waals surface area contributed by atoms with Gasteiger partial charge in [0, 0.05) is 68.2 Å². The van der Waals surface area contributed by atoms with Gasteiger partial charge in [-0.3, -0.25) is 20.6 Å². The molecule has 8 atom stereocenters. The first-order valence-corrected chi connectivity index (χ1v) is 50.7. The van der Waals surface area contributed by atoms with Gasteiger partial charge in [0.25, 0.3) is 0 Å². The summed E-state index contributed by atoms with van der Waals surface area (Å²) in [6, 6.07) is 47.7. The van der Waals surface area contributed by atoms with Gasteiger partial charge in [-0.25, -0.2) is 69.7 Å². The van der Waals surface area contributed by atoms with E-state index >= 15 is 0 Å². The Kier molecular flexibility index (Phi) is 62.0. The van der Waals surface area contributed by atoms with Crippen molar-refractivity contribution < 1.29 is 44.9 Å². The fraction of sp³-hybridized carbons (Fsp3) is 0.456. The quantitative estimate of drug-likeness (QED) is 0.0302. The second kappa shape index (κ2) is 64.0. The maximum atomic E-state index is 12.7. The summed E-state index contributed by atoms with van der Waals surface area (Å²) in [7, 11) is -5.96. The fourth-order valence-corrected chi connectivity index (χ4v) is 14.2. The highest BCUT2D eigenvalue weighted by molar-refractivity contribution is 7.85. The Morgan fingerprint density at radius 1 is 0.384 bits per heavy atom. The third kappa shape index (κ3) is 56.1. The maximum Gasteiger partial charge on any atom is 0.413 e. The lowest BCUT2D eigenvalue weighted by molar-refractivity contribution is 0.0624. The number of benzene rings is 5. The van der Waals surface area contributed by atoms with E-state index in [-0.39, 0.29) is 37.1 Å². The van der Waals surface area contributed by atoms with Crippen LogP contribution < -0.4 is 47.1 Å². The standard InChI is InChI=1S/C19H27N3O3S2.2C14H19N3OS2.C11H15NOS.C8H12N2O2S.C7H6O.C4H11NOS.C3H4N2S.5C2H6/c1-18(2,3)25-17(23)21-16-20-12-14(26-16)15(13-10-8-7-9-11-13)22-27(24)19(4,5)6;2*1-14(2,3)20(18)17-12(10-7-5-4-6-8-10)11-9-16-13(15)19-11;1-11(2,3)14(13)12-9-10-7-5-4-6-8-10;1-8(2,3)12-7(11)10-6-9-4-5-13-6;8-6-7-4-2-1-3-5-7;1-4(2,3)7(5)6;4-3-5-1-2-6-3;5*1-2/h7-12,15,22H,1-6H3,(H,20,21,23);2*4-9,12,17H,1-3H3,(H2,15,16);4-9H,1-3H3;4-5H,1-3H3,(H,9,10,11);1-6H;5H2,1-3H3;1-2H,(H2,4,5);5*1-2H3/t15?,27-;12-,20+;12-,20-;14-;;;7-;;;;;;/m1011..1....../s1. The minimum atomic E-state index is -1.27. The number of carbonyl (C=O) groups excluding carboxylic acids is 3. The first-order chi connectivity index (χ1) is 58.4. The Labute approximate surface area is 780 Å². The SMILES string of the molecule is CC.CC.CC.CC.CC.CC(C)(C)OC(=O)Nc1ncc(C(N[S@](=O)C(C)(C)C)c2ccccc2)s1.CC(C)(C)OC(=O)Nc1nccs1.CC(C)(C)[S@@](=O)N=Cc1ccccc1.CC(C)(C)[S@@](=O)N[C@@H](c1ccccc1)c1cnc(N)s1.CC(C)(C)[S@@](=O)N[C@H](c1ccccc1)c1cnc(N)s1.CC(C)(C)[S@](N)=O.Nc1nccs1.O=Cc1ccccc1. The van der Waals surface area contributed by atoms with Crippen LogP contribution in [0.15, 0.2) is 198 Å². The molecule has 0 aliphatic heterocycles. The molecule has 0 spiro atoms. The van der Waals surface area contributed by atoms with Crippen molar-refractivity contribution in [3.63, 3.8) is 0 Å². The Morgan fingerprint density at radius 3 is 0.920 bits per heavy atom. The van der Waals surface area contributed by atoms with Crippen LogP contribution >= 0.6 is 56.7 Å². The van der Waals surface area contributed by atoms with Gasteiger partial charge in [0.05, 0.1) is 85.8 Å². The Balaban J connectivity index is -0.00000139. The Bertz CT molecular complexity index is 4490. The number of nitrogens with one attached hydrogen (secondary N) is 5. The summed E-state index contributed by atoms with van der Waals surface area (Å²) < 4.78 is 81.6. The van der Waals surface area contributed by atoms with Crippen molar-refractivity contribution in [2.24, 2.45) is 9.54 Å². The van der Waals surface area contributed by atoms with Gasteiger partial charge in [0.2, 0.25) is 0 Å². The molecule has 0 saturated carbocycles. The van der Waals surface area contributed by atoms with Gasteiger partial charge < -0.3 is 26.7 Å². The van der Waals surface area contributed by atoms with Crippen molar-refractivity contribution in [1.82, 2.24) is 39.1 Å². The van der Waals surface area contributed by atoms with Crippen LogP contribution in [0, 0.1) is 0 Å². The lowest BCUT2D eigenvalue weighted by Crippen LogP contribution is -2.35. The molecule has 0 saturated heterocycles. The van der Waals surface area contributed by atoms with Crippen LogP contribution in [0.1, 0.15) is 280 Å². The summed E-state index contributed by atoms with van der Waals surface area (Å²) in [4.78, 5) is 56.0. The topological polar surface area (TPSA) is 396 Å². The number of hydrogen-bond donors (Lipinski definition) is 9. The number of amides is 2. The van der Waals surface area contributed by atoms with Gasteiger partial charge in [-0.1, -0.05) is 232 Å². The predicted octanol–water partition coefficient (Wildman–Crippen LogP) is 23.2. The molecule has 125 heavy (non-hydrogen) atoms. The zero-order valence-corrected chi connectivity index (χ0v) is 87.2. The minimum absolute atomic E-state index is 0.161. The third-order valence-corrected chi connectivity index (χ3v) is 24.8. The van der Waals surface area contributed by atoms with E-state index in [2.05, 4.69) is 54.1 Å². The lowest BCUT2D eigenvalue weighted by Gasteiger charge is -2.23. The molecule has 0 fully saturated rings. The molecule has 5 heterocycles. The van der Waals surface area contributed by atoms with E-state index < -0.39 is 83.1 Å². The van der Waals surface area contributed by atoms with Crippen LogP contribution in [0.3, 0.4) is 0 Å². The predicted molar refractivity (Wildman–Crippen MR) is 544 cm³/mol. The first-order valence-electron chi connectivity index (χ1n) is 40.7. The van der Waals surface area contributed by atoms with Crippen LogP contribution in [-0.2, 0) is 64.4 Å². The molecule has 1 unspecified atom stereocenters. The summed E-state index contributed by atoms with van der Waals surface area (Å²) in [6.07, 6.45) is 9.93. The number of thiazole rings is 5. The summed E-state index contributed by atoms with van der Waals surface area (Å²) in [5, 5.41) is 16.5. The van der Waals surface area contributed by atoms with Gasteiger partial charge in [-0.15, -0.1) is 45.3 Å². The number of nitrogens with zero attached hydrogens (tertiary/aromatic N) is 6. The highest BCUT2D eigenvalue weighted by Gasteiger charge is 2.30. The smallest absolute Gasteiger partial charge is 0.413 e. The molecule has 0 aliphatic rings.